The van der Waals surface area contributed by atoms with Crippen molar-refractivity contribution in [3.8, 4) is 11.5 Å². The summed E-state index contributed by atoms with van der Waals surface area (Å²) in [7, 11) is 3.02. The van der Waals surface area contributed by atoms with Gasteiger partial charge in [0.15, 0.2) is 0 Å². The van der Waals surface area contributed by atoms with E-state index in [1.54, 1.807) is 12.1 Å². The van der Waals surface area contributed by atoms with E-state index in [2.05, 4.69) is 10.3 Å². The lowest BCUT2D eigenvalue weighted by molar-refractivity contribution is 0.0857. The summed E-state index contributed by atoms with van der Waals surface area (Å²) in [6.07, 6.45) is 3.35. The van der Waals surface area contributed by atoms with E-state index in [1.165, 1.54) is 20.4 Å². The minimum atomic E-state index is -0.421. The van der Waals surface area contributed by atoms with Crippen LogP contribution in [0.3, 0.4) is 0 Å². The maximum Gasteiger partial charge on any atom is 0.256 e. The predicted octanol–water partition coefficient (Wildman–Crippen LogP) is 1.45. The number of fused-ring (bicyclic) bond motifs is 1. The zero-order chi connectivity index (χ0) is 17.1. The summed E-state index contributed by atoms with van der Waals surface area (Å²) < 4.78 is 15.9. The Labute approximate surface area is 138 Å². The number of benzene rings is 1. The van der Waals surface area contributed by atoms with Crippen molar-refractivity contribution in [2.24, 2.45) is 0 Å². The van der Waals surface area contributed by atoms with Crippen molar-refractivity contribution >= 4 is 16.8 Å². The summed E-state index contributed by atoms with van der Waals surface area (Å²) in [6.45, 7) is 1.12. The number of hydrogen-bond donors (Lipinski definition) is 2. The molecule has 1 atom stereocenters. The topological polar surface area (TPSA) is 89.7 Å². The molecule has 1 saturated heterocycles. The molecule has 2 aromatic rings. The van der Waals surface area contributed by atoms with Gasteiger partial charge in [-0.05, 0) is 18.9 Å². The van der Waals surface area contributed by atoms with Crippen molar-refractivity contribution < 1.29 is 19.0 Å². The largest absolute Gasteiger partial charge is 0.497 e. The monoisotopic (exact) mass is 332 g/mol. The van der Waals surface area contributed by atoms with Crippen molar-refractivity contribution in [3.05, 3.63) is 34.1 Å². The second-order valence-electron chi connectivity index (χ2n) is 5.63. The van der Waals surface area contributed by atoms with Crippen molar-refractivity contribution in [1.82, 2.24) is 10.3 Å². The molecule has 1 aliphatic rings. The SMILES string of the molecule is COc1cc(OC)c2[nH]cc(C(=O)NCC3CCCO3)c(=O)c2c1. The van der Waals surface area contributed by atoms with E-state index in [1.807, 2.05) is 0 Å². The molecule has 3 rings (SSSR count). The molecule has 1 fully saturated rings. The number of H-pyrrole nitrogens is 1. The number of carbonyl (C=O) groups is 1. The summed E-state index contributed by atoms with van der Waals surface area (Å²) >= 11 is 0. The van der Waals surface area contributed by atoms with Crippen LogP contribution in [-0.4, -0.2) is 44.4 Å². The van der Waals surface area contributed by atoms with Crippen molar-refractivity contribution in [1.29, 1.82) is 0 Å². The van der Waals surface area contributed by atoms with E-state index in [-0.39, 0.29) is 17.1 Å². The Kier molecular flexibility index (Phi) is 4.71. The fraction of sp³-hybridized carbons (Fsp3) is 0.412. The molecule has 1 unspecified atom stereocenters. The highest BCUT2D eigenvalue weighted by Crippen LogP contribution is 2.27. The number of carbonyl (C=O) groups excluding carboxylic acids is 1. The highest BCUT2D eigenvalue weighted by Gasteiger charge is 2.19. The van der Waals surface area contributed by atoms with E-state index in [0.717, 1.165) is 19.4 Å². The summed E-state index contributed by atoms with van der Waals surface area (Å²) in [5.74, 6) is 0.546. The summed E-state index contributed by atoms with van der Waals surface area (Å²) in [4.78, 5) is 28.0. The molecule has 1 amide bonds. The molecule has 7 nitrogen and oxygen atoms in total. The van der Waals surface area contributed by atoms with E-state index in [9.17, 15) is 9.59 Å². The van der Waals surface area contributed by atoms with Crippen LogP contribution in [0.4, 0.5) is 0 Å². The Hall–Kier alpha value is -2.54. The summed E-state index contributed by atoms with van der Waals surface area (Å²) in [6, 6.07) is 3.27. The van der Waals surface area contributed by atoms with E-state index >= 15 is 0 Å². The zero-order valence-corrected chi connectivity index (χ0v) is 13.7. The van der Waals surface area contributed by atoms with Crippen molar-refractivity contribution in [3.63, 3.8) is 0 Å². The molecule has 0 spiro atoms. The fourth-order valence-electron chi connectivity index (χ4n) is 2.83. The average molecular weight is 332 g/mol. The van der Waals surface area contributed by atoms with Gasteiger partial charge in [0.1, 0.15) is 17.1 Å². The van der Waals surface area contributed by atoms with Crippen LogP contribution in [0.5, 0.6) is 11.5 Å². The normalized spacial score (nSPS) is 17.0. The Morgan fingerprint density at radius 2 is 2.21 bits per heavy atom. The van der Waals surface area contributed by atoms with Gasteiger partial charge in [-0.25, -0.2) is 0 Å². The van der Waals surface area contributed by atoms with Gasteiger partial charge < -0.3 is 24.5 Å². The number of rotatable bonds is 5. The smallest absolute Gasteiger partial charge is 0.256 e. The summed E-state index contributed by atoms with van der Waals surface area (Å²) in [5, 5.41) is 3.10. The van der Waals surface area contributed by atoms with Crippen LogP contribution in [0.25, 0.3) is 10.9 Å². The van der Waals surface area contributed by atoms with Crippen LogP contribution in [0.1, 0.15) is 23.2 Å². The number of methoxy groups -OCH3 is 2. The second kappa shape index (κ2) is 6.92. The van der Waals surface area contributed by atoms with E-state index < -0.39 is 5.91 Å². The van der Waals surface area contributed by atoms with Crippen LogP contribution >= 0.6 is 0 Å². The Morgan fingerprint density at radius 3 is 2.88 bits per heavy atom. The molecule has 1 aromatic heterocycles. The molecule has 128 valence electrons. The first-order valence-corrected chi connectivity index (χ1v) is 7.81. The lowest BCUT2D eigenvalue weighted by Crippen LogP contribution is -2.34. The quantitative estimate of drug-likeness (QED) is 0.865. The minimum absolute atomic E-state index is 0.0219. The third-order valence-electron chi connectivity index (χ3n) is 4.14. The average Bonchev–Trinajstić information content (AvgIpc) is 3.12. The predicted molar refractivity (Wildman–Crippen MR) is 89.0 cm³/mol. The number of aromatic amines is 1. The maximum atomic E-state index is 12.7. The Balaban J connectivity index is 1.92. The van der Waals surface area contributed by atoms with Gasteiger partial charge in [0, 0.05) is 25.4 Å². The third-order valence-corrected chi connectivity index (χ3v) is 4.14. The number of pyridine rings is 1. The Bertz CT molecular complexity index is 808. The molecule has 0 bridgehead atoms. The van der Waals surface area contributed by atoms with Gasteiger partial charge in [-0.2, -0.15) is 0 Å². The lowest BCUT2D eigenvalue weighted by atomic mass is 10.1. The molecule has 0 saturated carbocycles. The van der Waals surface area contributed by atoms with Gasteiger partial charge in [-0.15, -0.1) is 0 Å². The molecular formula is C17H20N2O5. The first kappa shape index (κ1) is 16.3. The first-order chi connectivity index (χ1) is 11.6. The van der Waals surface area contributed by atoms with Gasteiger partial charge in [0.2, 0.25) is 5.43 Å². The molecule has 2 heterocycles. The molecule has 0 radical (unpaired) electrons. The van der Waals surface area contributed by atoms with Crippen LogP contribution in [0.2, 0.25) is 0 Å². The van der Waals surface area contributed by atoms with E-state index in [4.69, 9.17) is 14.2 Å². The molecular weight excluding hydrogens is 312 g/mol. The fourth-order valence-corrected chi connectivity index (χ4v) is 2.83. The zero-order valence-electron chi connectivity index (χ0n) is 13.7. The molecule has 7 heteroatoms. The van der Waals surface area contributed by atoms with Gasteiger partial charge in [0.05, 0.1) is 31.2 Å². The number of ether oxygens (including phenoxy) is 3. The summed E-state index contributed by atoms with van der Waals surface area (Å²) in [5.41, 5.74) is 0.209. The molecule has 2 N–H and O–H groups in total. The Morgan fingerprint density at radius 1 is 1.38 bits per heavy atom. The number of nitrogens with one attached hydrogen (secondary N) is 2. The second-order valence-corrected chi connectivity index (χ2v) is 5.63. The van der Waals surface area contributed by atoms with Gasteiger partial charge >= 0.3 is 0 Å². The standard InChI is InChI=1S/C17H20N2O5/c1-22-11-6-12-15(14(7-11)23-2)18-9-13(16(12)20)17(21)19-8-10-4-3-5-24-10/h6-7,9-10H,3-5,8H2,1-2H3,(H,18,20)(H,19,21). The van der Waals surface area contributed by atoms with E-state index in [0.29, 0.717) is 28.9 Å². The lowest BCUT2D eigenvalue weighted by Gasteiger charge is -2.12. The highest BCUT2D eigenvalue weighted by atomic mass is 16.5. The van der Waals surface area contributed by atoms with Gasteiger partial charge in [0.25, 0.3) is 5.91 Å². The number of aromatic nitrogens is 1. The van der Waals surface area contributed by atoms with Crippen LogP contribution < -0.4 is 20.2 Å². The van der Waals surface area contributed by atoms with Crippen molar-refractivity contribution in [2.45, 2.75) is 18.9 Å². The first-order valence-electron chi connectivity index (χ1n) is 7.81. The molecule has 24 heavy (non-hydrogen) atoms. The number of amides is 1. The molecule has 0 aliphatic carbocycles. The molecule has 1 aliphatic heterocycles. The van der Waals surface area contributed by atoms with Gasteiger partial charge in [-0.1, -0.05) is 0 Å². The molecule has 1 aromatic carbocycles. The highest BCUT2D eigenvalue weighted by molar-refractivity contribution is 5.98. The van der Waals surface area contributed by atoms with Gasteiger partial charge in [-0.3, -0.25) is 9.59 Å². The van der Waals surface area contributed by atoms with Crippen LogP contribution in [0.15, 0.2) is 23.1 Å². The van der Waals surface area contributed by atoms with Crippen LogP contribution in [-0.2, 0) is 4.74 Å². The minimum Gasteiger partial charge on any atom is -0.497 e. The number of hydrogen-bond acceptors (Lipinski definition) is 5. The van der Waals surface area contributed by atoms with Crippen molar-refractivity contribution in [2.75, 3.05) is 27.4 Å². The third kappa shape index (κ3) is 3.07. The maximum absolute atomic E-state index is 12.7. The van der Waals surface area contributed by atoms with Crippen LogP contribution in [0, 0.1) is 0 Å².